The number of aliphatic hydroxyl groups is 9. The Kier molecular flexibility index (Phi) is 14.0. The highest BCUT2D eigenvalue weighted by atomic mass is 16.7. The normalized spacial score (nSPS) is 44.6. The number of ether oxygens (including phenoxy) is 3. The topological polar surface area (TPSA) is 355 Å². The van der Waals surface area contributed by atoms with Gasteiger partial charge >= 0.3 is 0 Å². The predicted molar refractivity (Wildman–Crippen MR) is 149 cm³/mol. The van der Waals surface area contributed by atoms with Gasteiger partial charge in [-0.05, 0) is 19.4 Å². The number of amides is 1. The molecule has 2 unspecified atom stereocenters. The summed E-state index contributed by atoms with van der Waals surface area (Å²) in [6, 6.07) is -4.62. The number of nitrogens with two attached hydrogens (primary N) is 4. The number of nitrogens with one attached hydrogen (secondary N) is 2. The van der Waals surface area contributed by atoms with Gasteiger partial charge in [-0.3, -0.25) is 4.79 Å². The molecule has 0 aromatic carbocycles. The van der Waals surface area contributed by atoms with Gasteiger partial charge in [0.1, 0.15) is 42.7 Å². The molecule has 0 radical (unpaired) electrons. The van der Waals surface area contributed by atoms with E-state index in [4.69, 9.17) is 42.3 Å². The van der Waals surface area contributed by atoms with Crippen molar-refractivity contribution in [3.63, 3.8) is 0 Å². The average molecular weight is 643 g/mol. The summed E-state index contributed by atoms with van der Waals surface area (Å²) in [6.45, 7) is -1.31. The fourth-order valence-corrected chi connectivity index (χ4v) is 5.99. The van der Waals surface area contributed by atoms with Gasteiger partial charge in [-0.25, -0.2) is 0 Å². The summed E-state index contributed by atoms with van der Waals surface area (Å²) in [5, 5.41) is 97.8. The molecule has 258 valence electrons. The van der Waals surface area contributed by atoms with Crippen LogP contribution in [0.3, 0.4) is 0 Å². The Bertz CT molecular complexity index is 897. The molecular weight excluding hydrogens is 592 g/mol. The molecule has 2 saturated heterocycles. The van der Waals surface area contributed by atoms with Crippen LogP contribution in [0.2, 0.25) is 0 Å². The van der Waals surface area contributed by atoms with E-state index in [-0.39, 0.29) is 32.5 Å². The van der Waals surface area contributed by atoms with E-state index in [0.717, 1.165) is 0 Å². The van der Waals surface area contributed by atoms with Crippen LogP contribution in [0.25, 0.3) is 0 Å². The number of aliphatic hydroxyl groups excluding tert-OH is 9. The average Bonchev–Trinajstić information content (AvgIpc) is 2.99. The summed E-state index contributed by atoms with van der Waals surface area (Å²) in [7, 11) is 0. The molecule has 1 aliphatic carbocycles. The second-order valence-corrected chi connectivity index (χ2v) is 11.8. The molecule has 1 amide bonds. The molecule has 3 rings (SSSR count). The zero-order valence-corrected chi connectivity index (χ0v) is 24.2. The Hall–Kier alpha value is -1.21. The van der Waals surface area contributed by atoms with E-state index in [0.29, 0.717) is 0 Å². The van der Waals surface area contributed by atoms with Crippen LogP contribution in [0.4, 0.5) is 0 Å². The first-order chi connectivity index (χ1) is 20.8. The third-order valence-corrected chi connectivity index (χ3v) is 8.60. The lowest BCUT2D eigenvalue weighted by Gasteiger charge is -2.52. The van der Waals surface area contributed by atoms with Gasteiger partial charge in [-0.15, -0.1) is 0 Å². The molecule has 1 saturated carbocycles. The molecule has 2 aliphatic heterocycles. The highest BCUT2D eigenvalue weighted by Gasteiger charge is 2.55. The van der Waals surface area contributed by atoms with Crippen molar-refractivity contribution in [2.24, 2.45) is 28.9 Å². The number of hydrogen-bond donors (Lipinski definition) is 15. The lowest BCUT2D eigenvalue weighted by atomic mass is 9.71. The summed E-state index contributed by atoms with van der Waals surface area (Å²) in [6.07, 6.45) is -17.0. The molecule has 0 aromatic heterocycles. The van der Waals surface area contributed by atoms with Crippen LogP contribution in [-0.2, 0) is 19.0 Å². The fourth-order valence-electron chi connectivity index (χ4n) is 5.99. The van der Waals surface area contributed by atoms with E-state index in [9.17, 15) is 45.6 Å². The smallest absolute Gasteiger partial charge is 0.249 e. The lowest BCUT2D eigenvalue weighted by Crippen LogP contribution is -2.72. The Balaban J connectivity index is 1.88. The van der Waals surface area contributed by atoms with Gasteiger partial charge in [0, 0.05) is 25.0 Å². The third kappa shape index (κ3) is 8.38. The quantitative estimate of drug-likeness (QED) is 0.0886. The molecule has 19 nitrogen and oxygen atoms in total. The van der Waals surface area contributed by atoms with Crippen molar-refractivity contribution in [1.82, 2.24) is 10.6 Å². The predicted octanol–water partition coefficient (Wildman–Crippen LogP) is -9.20. The summed E-state index contributed by atoms with van der Waals surface area (Å²) >= 11 is 0. The summed E-state index contributed by atoms with van der Waals surface area (Å²) < 4.78 is 17.5. The summed E-state index contributed by atoms with van der Waals surface area (Å²) in [5.41, 5.74) is 24.1. The number of carbonyl (C=O) groups is 1. The Labute approximate surface area is 254 Å². The van der Waals surface area contributed by atoms with Crippen molar-refractivity contribution in [2.75, 3.05) is 32.8 Å². The minimum Gasteiger partial charge on any atom is -0.394 e. The molecule has 19 N–H and O–H groups in total. The van der Waals surface area contributed by atoms with E-state index in [1.54, 1.807) is 0 Å². The van der Waals surface area contributed by atoms with Crippen molar-refractivity contribution < 1.29 is 65.0 Å². The molecule has 19 heteroatoms. The van der Waals surface area contributed by atoms with Crippen LogP contribution in [0, 0.1) is 5.92 Å². The van der Waals surface area contributed by atoms with Crippen LogP contribution < -0.4 is 33.6 Å². The monoisotopic (exact) mass is 642 g/mol. The van der Waals surface area contributed by atoms with Gasteiger partial charge < -0.3 is 93.7 Å². The molecule has 0 bridgehead atoms. The van der Waals surface area contributed by atoms with Crippen molar-refractivity contribution in [3.05, 3.63) is 0 Å². The molecule has 2 heterocycles. The van der Waals surface area contributed by atoms with E-state index < -0.39 is 123 Å². The van der Waals surface area contributed by atoms with Gasteiger partial charge in [0.15, 0.2) is 6.29 Å². The molecule has 3 aliphatic rings. The van der Waals surface area contributed by atoms with Crippen LogP contribution in [-0.4, -0.2) is 182 Å². The third-order valence-electron chi connectivity index (χ3n) is 8.60. The van der Waals surface area contributed by atoms with Crippen molar-refractivity contribution in [2.45, 2.75) is 110 Å². The van der Waals surface area contributed by atoms with Crippen LogP contribution in [0.5, 0.6) is 0 Å². The minimum absolute atomic E-state index is 0.00827. The summed E-state index contributed by atoms with van der Waals surface area (Å²) in [4.78, 5) is 12.7. The number of hydrogen-bond acceptors (Lipinski definition) is 18. The van der Waals surface area contributed by atoms with Gasteiger partial charge in [0.2, 0.25) is 5.91 Å². The molecule has 0 spiro atoms. The van der Waals surface area contributed by atoms with Crippen molar-refractivity contribution >= 4 is 5.91 Å². The molecule has 0 aromatic rings. The first-order valence-corrected chi connectivity index (χ1v) is 14.7. The fraction of sp³-hybridized carbons (Fsp3) is 0.960. The van der Waals surface area contributed by atoms with Crippen molar-refractivity contribution in [1.29, 1.82) is 0 Å². The van der Waals surface area contributed by atoms with E-state index in [2.05, 4.69) is 10.6 Å². The maximum atomic E-state index is 12.7. The molecule has 44 heavy (non-hydrogen) atoms. The number of carbonyl (C=O) groups excluding carboxylic acids is 1. The van der Waals surface area contributed by atoms with Crippen LogP contribution in [0.15, 0.2) is 0 Å². The zero-order chi connectivity index (χ0) is 32.9. The molecular formula is C25H50N6O13. The van der Waals surface area contributed by atoms with Gasteiger partial charge in [0.25, 0.3) is 0 Å². The maximum absolute atomic E-state index is 12.7. The van der Waals surface area contributed by atoms with Crippen LogP contribution in [0.1, 0.15) is 12.8 Å². The van der Waals surface area contributed by atoms with E-state index in [1.165, 1.54) is 0 Å². The Morgan fingerprint density at radius 3 is 2.20 bits per heavy atom. The minimum atomic E-state index is -1.64. The van der Waals surface area contributed by atoms with Gasteiger partial charge in [0.05, 0.1) is 55.8 Å². The van der Waals surface area contributed by atoms with Gasteiger partial charge in [-0.2, -0.15) is 0 Å². The largest absolute Gasteiger partial charge is 0.394 e. The first-order valence-electron chi connectivity index (χ1n) is 14.7. The zero-order valence-electron chi connectivity index (χ0n) is 24.2. The second-order valence-electron chi connectivity index (χ2n) is 11.8. The second kappa shape index (κ2) is 16.6. The molecule has 17 atom stereocenters. The van der Waals surface area contributed by atoms with Gasteiger partial charge in [-0.1, -0.05) is 0 Å². The highest BCUT2D eigenvalue weighted by molar-refractivity contribution is 5.80. The van der Waals surface area contributed by atoms with Crippen molar-refractivity contribution in [3.8, 4) is 0 Å². The highest BCUT2D eigenvalue weighted by Crippen LogP contribution is 2.37. The van der Waals surface area contributed by atoms with E-state index in [1.807, 2.05) is 0 Å². The first kappa shape index (κ1) is 37.2. The SMILES string of the molecule is NCC[C@H](O)C(=O)N[C@@H]1C[C@H](N)C([C@H]2O[C@H](CNCC(O)CO)[C@@H](O)[C@H](O)[C@H]2N)[C@H](O)[C@H]1O[C@H]1O[C@H](CO)[C@@H](O)[C@H](N)[C@H]1O. The van der Waals surface area contributed by atoms with E-state index >= 15 is 0 Å². The maximum Gasteiger partial charge on any atom is 0.249 e. The molecule has 3 fully saturated rings. The Morgan fingerprint density at radius 1 is 0.909 bits per heavy atom. The Morgan fingerprint density at radius 2 is 1.59 bits per heavy atom. The summed E-state index contributed by atoms with van der Waals surface area (Å²) in [5.74, 6) is -1.93. The lowest BCUT2D eigenvalue weighted by molar-refractivity contribution is -0.307. The van der Waals surface area contributed by atoms with Crippen LogP contribution >= 0.6 is 0 Å². The standard InChI is InChI=1S/C25H50N6O13/c26-2-1-11(35)24(41)31-10-3-9(27)14(19(38)22(10)44-25-21(40)15(28)17(36)13(7-33)43-25)23-16(29)20(39)18(37)12(42-23)5-30-4-8(34)6-32/h8-23,25,30,32-40H,1-7,26-29H2,(H,31,41)/t8?,9-,10+,11-,12+,13+,14?,15-,16+,17+,18+,19-,20+,21+,22-,23+,25+/m0/s1. The number of rotatable bonds is 13.